The van der Waals surface area contributed by atoms with Crippen LogP contribution in [-0.2, 0) is 15.7 Å². The van der Waals surface area contributed by atoms with Crippen molar-refractivity contribution in [3.8, 4) is 11.1 Å². The van der Waals surface area contributed by atoms with Crippen molar-refractivity contribution in [2.75, 3.05) is 42.5 Å². The standard InChI is InChI=1S/C28H26F4N6O4/c29-23-13-20(38-16-21(42-27(38)41)6-8-24(33)39)5-7-22(23)18-14-34-26(35-15-18)37-11-9-36(10-12-37)25(40)17-1-3-19(4-2-17)28(30,31)32/h1-5,7,13-15,21H,6,8-12,16H2,(H2,33,39). The molecule has 0 bridgehead atoms. The third-order valence-electron chi connectivity index (χ3n) is 7.11. The number of anilines is 2. The van der Waals surface area contributed by atoms with Gasteiger partial charge in [0.1, 0.15) is 11.9 Å². The van der Waals surface area contributed by atoms with Gasteiger partial charge in [0, 0.05) is 61.7 Å². The van der Waals surface area contributed by atoms with Gasteiger partial charge in [-0.1, -0.05) is 0 Å². The molecule has 220 valence electrons. The number of nitrogens with zero attached hydrogens (tertiary/aromatic N) is 5. The molecule has 1 atom stereocenters. The first-order valence-corrected chi connectivity index (χ1v) is 13.1. The summed E-state index contributed by atoms with van der Waals surface area (Å²) in [5.41, 5.74) is 5.47. The Morgan fingerprint density at radius 1 is 1.00 bits per heavy atom. The molecule has 2 saturated heterocycles. The van der Waals surface area contributed by atoms with Gasteiger partial charge in [-0.3, -0.25) is 14.5 Å². The Labute approximate surface area is 237 Å². The van der Waals surface area contributed by atoms with Crippen LogP contribution in [0.15, 0.2) is 54.9 Å². The van der Waals surface area contributed by atoms with Crippen LogP contribution in [0.3, 0.4) is 0 Å². The summed E-state index contributed by atoms with van der Waals surface area (Å²) in [6.07, 6.45) is -2.31. The SMILES string of the molecule is NC(=O)CCC1CN(c2ccc(-c3cnc(N4CCN(C(=O)c5ccc(C(F)(F)F)cc5)CC4)nc3)c(F)c2)C(=O)O1. The van der Waals surface area contributed by atoms with Gasteiger partial charge in [0.15, 0.2) is 0 Å². The summed E-state index contributed by atoms with van der Waals surface area (Å²) in [5, 5.41) is 0. The minimum Gasteiger partial charge on any atom is -0.444 e. The molecule has 2 aliphatic heterocycles. The van der Waals surface area contributed by atoms with E-state index in [1.807, 2.05) is 4.90 Å². The van der Waals surface area contributed by atoms with E-state index in [-0.39, 0.29) is 36.4 Å². The lowest BCUT2D eigenvalue weighted by molar-refractivity contribution is -0.137. The summed E-state index contributed by atoms with van der Waals surface area (Å²) in [5.74, 6) is -1.06. The fourth-order valence-electron chi connectivity index (χ4n) is 4.81. The summed E-state index contributed by atoms with van der Waals surface area (Å²) in [4.78, 5) is 49.4. The van der Waals surface area contributed by atoms with Crippen molar-refractivity contribution >= 4 is 29.5 Å². The Morgan fingerprint density at radius 3 is 2.26 bits per heavy atom. The maximum Gasteiger partial charge on any atom is 0.416 e. The van der Waals surface area contributed by atoms with Crippen LogP contribution in [0, 0.1) is 5.82 Å². The predicted molar refractivity (Wildman–Crippen MR) is 143 cm³/mol. The average molecular weight is 587 g/mol. The Morgan fingerprint density at radius 2 is 1.67 bits per heavy atom. The van der Waals surface area contributed by atoms with E-state index in [1.165, 1.54) is 41.6 Å². The third-order valence-corrected chi connectivity index (χ3v) is 7.11. The van der Waals surface area contributed by atoms with Gasteiger partial charge in [-0.05, 0) is 48.9 Å². The van der Waals surface area contributed by atoms with Gasteiger partial charge < -0.3 is 20.3 Å². The molecule has 0 aliphatic carbocycles. The first kappa shape index (κ1) is 28.8. The Balaban J connectivity index is 1.18. The van der Waals surface area contributed by atoms with Gasteiger partial charge in [-0.25, -0.2) is 19.2 Å². The Bertz CT molecular complexity index is 1480. The van der Waals surface area contributed by atoms with Gasteiger partial charge in [0.25, 0.3) is 5.91 Å². The topological polar surface area (TPSA) is 122 Å². The number of amides is 3. The van der Waals surface area contributed by atoms with E-state index in [0.717, 1.165) is 12.1 Å². The molecule has 42 heavy (non-hydrogen) atoms. The van der Waals surface area contributed by atoms with Crippen LogP contribution in [0.1, 0.15) is 28.8 Å². The van der Waals surface area contributed by atoms with E-state index in [4.69, 9.17) is 10.5 Å². The number of primary amides is 1. The maximum atomic E-state index is 15.1. The van der Waals surface area contributed by atoms with Crippen LogP contribution in [0.25, 0.3) is 11.1 Å². The van der Waals surface area contributed by atoms with Gasteiger partial charge in [-0.2, -0.15) is 13.2 Å². The summed E-state index contributed by atoms with van der Waals surface area (Å²) < 4.78 is 58.7. The van der Waals surface area contributed by atoms with Gasteiger partial charge in [-0.15, -0.1) is 0 Å². The predicted octanol–water partition coefficient (Wildman–Crippen LogP) is 3.85. The minimum atomic E-state index is -4.47. The number of ether oxygens (including phenoxy) is 1. The van der Waals surface area contributed by atoms with Crippen LogP contribution in [0.4, 0.5) is 34.0 Å². The molecule has 5 rings (SSSR count). The molecular formula is C28H26F4N6O4. The highest BCUT2D eigenvalue weighted by Crippen LogP contribution is 2.31. The van der Waals surface area contributed by atoms with E-state index in [0.29, 0.717) is 43.4 Å². The lowest BCUT2D eigenvalue weighted by Crippen LogP contribution is -2.49. The largest absolute Gasteiger partial charge is 0.444 e. The number of benzene rings is 2. The van der Waals surface area contributed by atoms with Crippen LogP contribution in [0.2, 0.25) is 0 Å². The van der Waals surface area contributed by atoms with Crippen molar-refractivity contribution in [2.24, 2.45) is 5.73 Å². The lowest BCUT2D eigenvalue weighted by atomic mass is 10.1. The van der Waals surface area contributed by atoms with Gasteiger partial charge in [0.2, 0.25) is 11.9 Å². The first-order valence-electron chi connectivity index (χ1n) is 13.1. The smallest absolute Gasteiger partial charge is 0.416 e. The van der Waals surface area contributed by atoms with Crippen LogP contribution >= 0.6 is 0 Å². The molecule has 1 aromatic heterocycles. The minimum absolute atomic E-state index is 0.0750. The van der Waals surface area contributed by atoms with E-state index >= 15 is 4.39 Å². The molecular weight excluding hydrogens is 560 g/mol. The van der Waals surface area contributed by atoms with Crippen molar-refractivity contribution < 1.29 is 36.7 Å². The van der Waals surface area contributed by atoms with Crippen LogP contribution in [-0.4, -0.2) is 71.6 Å². The number of aromatic nitrogens is 2. The lowest BCUT2D eigenvalue weighted by Gasteiger charge is -2.34. The number of rotatable bonds is 7. The molecule has 2 aliphatic rings. The van der Waals surface area contributed by atoms with E-state index in [9.17, 15) is 27.6 Å². The molecule has 3 amide bonds. The van der Waals surface area contributed by atoms with Crippen molar-refractivity contribution in [3.63, 3.8) is 0 Å². The quantitative estimate of drug-likeness (QED) is 0.418. The molecule has 14 heteroatoms. The number of halogens is 4. The van der Waals surface area contributed by atoms with E-state index < -0.39 is 35.7 Å². The molecule has 0 saturated carbocycles. The number of hydrogen-bond acceptors (Lipinski definition) is 7. The zero-order chi connectivity index (χ0) is 30.0. The summed E-state index contributed by atoms with van der Waals surface area (Å²) in [7, 11) is 0. The average Bonchev–Trinajstić information content (AvgIpc) is 3.36. The molecule has 10 nitrogen and oxygen atoms in total. The van der Waals surface area contributed by atoms with Crippen molar-refractivity contribution in [2.45, 2.75) is 25.1 Å². The van der Waals surface area contributed by atoms with Crippen LogP contribution < -0.4 is 15.5 Å². The normalized spacial score (nSPS) is 17.4. The number of carbonyl (C=O) groups excluding carboxylic acids is 3. The highest BCUT2D eigenvalue weighted by atomic mass is 19.4. The van der Waals surface area contributed by atoms with Crippen molar-refractivity contribution in [1.29, 1.82) is 0 Å². The second-order valence-corrected chi connectivity index (χ2v) is 9.91. The molecule has 2 fully saturated rings. The summed E-state index contributed by atoms with van der Waals surface area (Å²) in [6, 6.07) is 8.43. The third kappa shape index (κ3) is 6.26. The highest BCUT2D eigenvalue weighted by molar-refractivity contribution is 5.94. The number of hydrogen-bond donors (Lipinski definition) is 1. The summed E-state index contributed by atoms with van der Waals surface area (Å²) in [6.45, 7) is 1.63. The van der Waals surface area contributed by atoms with Gasteiger partial charge >= 0.3 is 12.3 Å². The first-order chi connectivity index (χ1) is 20.0. The fraction of sp³-hybridized carbons (Fsp3) is 0.321. The van der Waals surface area contributed by atoms with E-state index in [1.54, 1.807) is 11.0 Å². The zero-order valence-electron chi connectivity index (χ0n) is 22.2. The maximum absolute atomic E-state index is 15.1. The number of cyclic esters (lactones) is 1. The number of nitrogens with two attached hydrogens (primary N) is 1. The number of piperazine rings is 1. The molecule has 0 spiro atoms. The molecule has 1 unspecified atom stereocenters. The highest BCUT2D eigenvalue weighted by Gasteiger charge is 2.33. The molecule has 0 radical (unpaired) electrons. The van der Waals surface area contributed by atoms with Crippen molar-refractivity contribution in [1.82, 2.24) is 14.9 Å². The second-order valence-electron chi connectivity index (χ2n) is 9.91. The number of alkyl halides is 3. The van der Waals surface area contributed by atoms with Crippen LogP contribution in [0.5, 0.6) is 0 Å². The number of carbonyl (C=O) groups is 3. The Kier molecular flexibility index (Phi) is 7.96. The monoisotopic (exact) mass is 586 g/mol. The van der Waals surface area contributed by atoms with Crippen molar-refractivity contribution in [3.05, 3.63) is 71.8 Å². The second kappa shape index (κ2) is 11.6. The summed E-state index contributed by atoms with van der Waals surface area (Å²) >= 11 is 0. The molecule has 3 aromatic rings. The molecule has 2 N–H and O–H groups in total. The van der Waals surface area contributed by atoms with E-state index in [2.05, 4.69) is 9.97 Å². The zero-order valence-corrected chi connectivity index (χ0v) is 22.2. The molecule has 3 heterocycles. The Hall–Kier alpha value is -4.75. The van der Waals surface area contributed by atoms with Gasteiger partial charge in [0.05, 0.1) is 17.8 Å². The molecule has 2 aromatic carbocycles. The fourth-order valence-corrected chi connectivity index (χ4v) is 4.81.